The standard InChI is InChI=1S/C11H18O7/c1-5-15-4-7-9(17-5)10(18-6(2)16-7)8(12)11(13)14-3/h5-10,12H,4H2,1-3H3/t5-,6+,7+,8+,9-,10+/m1/s1. The zero-order chi connectivity index (χ0) is 13.3. The van der Waals surface area contributed by atoms with Crippen molar-refractivity contribution in [3.8, 4) is 0 Å². The van der Waals surface area contributed by atoms with Gasteiger partial charge in [-0.3, -0.25) is 0 Å². The van der Waals surface area contributed by atoms with Gasteiger partial charge in [0.1, 0.15) is 18.3 Å². The minimum atomic E-state index is -1.40. The maximum absolute atomic E-state index is 11.4. The van der Waals surface area contributed by atoms with Gasteiger partial charge in [-0.15, -0.1) is 0 Å². The Morgan fingerprint density at radius 2 is 2.00 bits per heavy atom. The molecule has 18 heavy (non-hydrogen) atoms. The van der Waals surface area contributed by atoms with E-state index in [1.165, 1.54) is 7.11 Å². The molecule has 0 aromatic rings. The Labute approximate surface area is 105 Å². The summed E-state index contributed by atoms with van der Waals surface area (Å²) in [6.45, 7) is 3.75. The van der Waals surface area contributed by atoms with E-state index in [1.807, 2.05) is 0 Å². The molecule has 2 fully saturated rings. The van der Waals surface area contributed by atoms with Crippen LogP contribution in [0.5, 0.6) is 0 Å². The van der Waals surface area contributed by atoms with Gasteiger partial charge in [0.25, 0.3) is 0 Å². The second-order valence-electron chi connectivity index (χ2n) is 4.31. The predicted octanol–water partition coefficient (Wildman–Crippen LogP) is -0.588. The molecule has 0 aromatic carbocycles. The van der Waals surface area contributed by atoms with Crippen molar-refractivity contribution in [1.82, 2.24) is 0 Å². The molecule has 2 aliphatic rings. The number of carbonyl (C=O) groups excluding carboxylic acids is 1. The number of methoxy groups -OCH3 is 1. The number of hydrogen-bond donors (Lipinski definition) is 1. The molecule has 2 heterocycles. The van der Waals surface area contributed by atoms with E-state index >= 15 is 0 Å². The molecule has 2 aliphatic heterocycles. The Balaban J connectivity index is 2.12. The summed E-state index contributed by atoms with van der Waals surface area (Å²) >= 11 is 0. The fourth-order valence-corrected chi connectivity index (χ4v) is 2.17. The number of carbonyl (C=O) groups is 1. The van der Waals surface area contributed by atoms with Crippen LogP contribution in [0.25, 0.3) is 0 Å². The van der Waals surface area contributed by atoms with Gasteiger partial charge in [-0.25, -0.2) is 4.79 Å². The average molecular weight is 262 g/mol. The van der Waals surface area contributed by atoms with Gasteiger partial charge in [0, 0.05) is 0 Å². The summed E-state index contributed by atoms with van der Waals surface area (Å²) in [4.78, 5) is 11.4. The summed E-state index contributed by atoms with van der Waals surface area (Å²) in [5.41, 5.74) is 0. The van der Waals surface area contributed by atoms with E-state index in [0.29, 0.717) is 6.61 Å². The molecule has 0 amide bonds. The Bertz CT molecular complexity index is 308. The number of hydrogen-bond acceptors (Lipinski definition) is 7. The first-order chi connectivity index (χ1) is 8.52. The van der Waals surface area contributed by atoms with Crippen LogP contribution in [-0.4, -0.2) is 61.8 Å². The van der Waals surface area contributed by atoms with Gasteiger partial charge in [-0.2, -0.15) is 0 Å². The highest BCUT2D eigenvalue weighted by molar-refractivity contribution is 5.75. The Morgan fingerprint density at radius 1 is 1.28 bits per heavy atom. The smallest absolute Gasteiger partial charge is 0.337 e. The summed E-state index contributed by atoms with van der Waals surface area (Å²) < 4.78 is 26.3. The molecular weight excluding hydrogens is 244 g/mol. The van der Waals surface area contributed by atoms with Crippen LogP contribution in [0.3, 0.4) is 0 Å². The third-order valence-electron chi connectivity index (χ3n) is 3.00. The Hall–Kier alpha value is -0.730. The molecular formula is C11H18O7. The summed E-state index contributed by atoms with van der Waals surface area (Å²) in [6, 6.07) is 0. The number of ether oxygens (including phenoxy) is 5. The minimum absolute atomic E-state index is 0.337. The van der Waals surface area contributed by atoms with Gasteiger partial charge in [0.05, 0.1) is 13.7 Å². The van der Waals surface area contributed by atoms with Gasteiger partial charge in [-0.05, 0) is 13.8 Å². The second kappa shape index (κ2) is 5.50. The summed E-state index contributed by atoms with van der Waals surface area (Å²) in [5.74, 6) is -0.754. The maximum atomic E-state index is 11.4. The van der Waals surface area contributed by atoms with Crippen LogP contribution in [0.15, 0.2) is 0 Å². The van der Waals surface area contributed by atoms with Crippen molar-refractivity contribution in [3.05, 3.63) is 0 Å². The van der Waals surface area contributed by atoms with Crippen molar-refractivity contribution in [3.63, 3.8) is 0 Å². The summed E-state index contributed by atoms with van der Waals surface area (Å²) in [5, 5.41) is 9.91. The van der Waals surface area contributed by atoms with E-state index in [-0.39, 0.29) is 6.10 Å². The van der Waals surface area contributed by atoms with Crippen LogP contribution < -0.4 is 0 Å². The van der Waals surface area contributed by atoms with Gasteiger partial charge >= 0.3 is 5.97 Å². The van der Waals surface area contributed by atoms with Gasteiger partial charge in [-0.1, -0.05) is 0 Å². The van der Waals surface area contributed by atoms with Crippen molar-refractivity contribution in [1.29, 1.82) is 0 Å². The van der Waals surface area contributed by atoms with Crippen LogP contribution in [0.2, 0.25) is 0 Å². The van der Waals surface area contributed by atoms with Crippen molar-refractivity contribution < 1.29 is 33.6 Å². The van der Waals surface area contributed by atoms with Crippen LogP contribution in [-0.2, 0) is 28.5 Å². The van der Waals surface area contributed by atoms with Crippen LogP contribution in [0.1, 0.15) is 13.8 Å². The first kappa shape index (κ1) is 13.7. The topological polar surface area (TPSA) is 83.5 Å². The summed E-state index contributed by atoms with van der Waals surface area (Å²) in [7, 11) is 1.21. The third kappa shape index (κ3) is 2.65. The van der Waals surface area contributed by atoms with Gasteiger partial charge in [0.15, 0.2) is 18.7 Å². The predicted molar refractivity (Wildman–Crippen MR) is 57.5 cm³/mol. The van der Waals surface area contributed by atoms with E-state index in [1.54, 1.807) is 13.8 Å². The maximum Gasteiger partial charge on any atom is 0.337 e. The van der Waals surface area contributed by atoms with E-state index in [9.17, 15) is 9.90 Å². The van der Waals surface area contributed by atoms with Crippen molar-refractivity contribution >= 4 is 5.97 Å². The molecule has 104 valence electrons. The molecule has 6 atom stereocenters. The average Bonchev–Trinajstić information content (AvgIpc) is 2.36. The molecule has 0 aromatic heterocycles. The van der Waals surface area contributed by atoms with Crippen molar-refractivity contribution in [2.75, 3.05) is 13.7 Å². The first-order valence-electron chi connectivity index (χ1n) is 5.86. The Morgan fingerprint density at radius 3 is 2.67 bits per heavy atom. The van der Waals surface area contributed by atoms with Crippen LogP contribution in [0, 0.1) is 0 Å². The fourth-order valence-electron chi connectivity index (χ4n) is 2.17. The number of esters is 1. The number of aliphatic hydroxyl groups is 1. The summed E-state index contributed by atoms with van der Waals surface area (Å²) in [6.07, 6.45) is -4.12. The molecule has 0 unspecified atom stereocenters. The molecule has 0 spiro atoms. The van der Waals surface area contributed by atoms with E-state index in [4.69, 9.17) is 18.9 Å². The van der Waals surface area contributed by atoms with Gasteiger partial charge in [0.2, 0.25) is 0 Å². The highest BCUT2D eigenvalue weighted by Crippen LogP contribution is 2.29. The van der Waals surface area contributed by atoms with Gasteiger partial charge < -0.3 is 28.8 Å². The fraction of sp³-hybridized carbons (Fsp3) is 0.909. The van der Waals surface area contributed by atoms with Crippen LogP contribution >= 0.6 is 0 Å². The molecule has 0 aliphatic carbocycles. The lowest BCUT2D eigenvalue weighted by Gasteiger charge is -2.45. The molecule has 7 heteroatoms. The van der Waals surface area contributed by atoms with Crippen LogP contribution in [0.4, 0.5) is 0 Å². The number of aliphatic hydroxyl groups excluding tert-OH is 1. The van der Waals surface area contributed by atoms with E-state index in [2.05, 4.69) is 4.74 Å². The SMILES string of the molecule is COC(=O)[C@@H](O)[C@@H]1O[C@@H](C)O[C@H]2CO[C@@H](C)O[C@@H]12. The molecule has 2 saturated heterocycles. The highest BCUT2D eigenvalue weighted by atomic mass is 16.8. The zero-order valence-corrected chi connectivity index (χ0v) is 10.6. The molecule has 0 bridgehead atoms. The lowest BCUT2D eigenvalue weighted by atomic mass is 10.0. The monoisotopic (exact) mass is 262 g/mol. The van der Waals surface area contributed by atoms with E-state index in [0.717, 1.165) is 0 Å². The largest absolute Gasteiger partial charge is 0.467 e. The lowest BCUT2D eigenvalue weighted by molar-refractivity contribution is -0.358. The molecule has 0 saturated carbocycles. The quantitative estimate of drug-likeness (QED) is 0.666. The minimum Gasteiger partial charge on any atom is -0.467 e. The second-order valence-corrected chi connectivity index (χ2v) is 4.31. The molecule has 2 rings (SSSR count). The molecule has 1 N–H and O–H groups in total. The first-order valence-corrected chi connectivity index (χ1v) is 5.86. The van der Waals surface area contributed by atoms with E-state index < -0.39 is 36.9 Å². The Kier molecular flexibility index (Phi) is 4.18. The third-order valence-corrected chi connectivity index (χ3v) is 3.00. The van der Waals surface area contributed by atoms with Crippen molar-refractivity contribution in [2.24, 2.45) is 0 Å². The number of fused-ring (bicyclic) bond motifs is 1. The zero-order valence-electron chi connectivity index (χ0n) is 10.6. The molecule has 7 nitrogen and oxygen atoms in total. The lowest BCUT2D eigenvalue weighted by Crippen LogP contribution is -2.61. The van der Waals surface area contributed by atoms with Crippen molar-refractivity contribution in [2.45, 2.75) is 50.8 Å². The number of rotatable bonds is 2. The molecule has 0 radical (unpaired) electrons. The highest BCUT2D eigenvalue weighted by Gasteiger charge is 2.48. The normalized spacial score (nSPS) is 41.9.